The average Bonchev–Trinajstić information content (AvgIpc) is 3.04. The molecule has 2 atom stereocenters. The fourth-order valence-electron chi connectivity index (χ4n) is 3.35. The van der Waals surface area contributed by atoms with Gasteiger partial charge in [0.25, 0.3) is 0 Å². The molecule has 1 aliphatic heterocycles. The Bertz CT molecular complexity index is 924. The average molecular weight is 421 g/mol. The summed E-state index contributed by atoms with van der Waals surface area (Å²) in [5.41, 5.74) is 1.19. The first-order valence-electron chi connectivity index (χ1n) is 8.94. The maximum atomic E-state index is 13.8. The summed E-state index contributed by atoms with van der Waals surface area (Å²) in [4.78, 5) is 36.5. The van der Waals surface area contributed by atoms with Crippen molar-refractivity contribution in [2.24, 2.45) is 0 Å². The number of amides is 2. The number of nitrogens with zero attached hydrogens (tertiary/aromatic N) is 2. The molecule has 0 spiro atoms. The van der Waals surface area contributed by atoms with E-state index in [2.05, 4.69) is 0 Å². The normalized spacial score (nSPS) is 17.1. The van der Waals surface area contributed by atoms with Gasteiger partial charge in [0, 0.05) is 11.3 Å². The van der Waals surface area contributed by atoms with Crippen molar-refractivity contribution in [3.05, 3.63) is 80.6 Å². The third kappa shape index (κ3) is 5.08. The van der Waals surface area contributed by atoms with Gasteiger partial charge >= 0.3 is 6.09 Å². The molecule has 9 heteroatoms. The van der Waals surface area contributed by atoms with E-state index in [1.165, 1.54) is 12.1 Å². The van der Waals surface area contributed by atoms with Crippen LogP contribution in [-0.2, 0) is 16.0 Å². The van der Waals surface area contributed by atoms with Crippen LogP contribution in [0.3, 0.4) is 0 Å². The number of halogens is 2. The summed E-state index contributed by atoms with van der Waals surface area (Å²) in [5, 5.41) is 11.0. The van der Waals surface area contributed by atoms with E-state index in [4.69, 9.17) is 16.3 Å². The Morgan fingerprint density at radius 3 is 2.69 bits per heavy atom. The van der Waals surface area contributed by atoms with Crippen molar-refractivity contribution in [1.29, 1.82) is 0 Å². The van der Waals surface area contributed by atoms with Crippen molar-refractivity contribution in [3.8, 4) is 0 Å². The summed E-state index contributed by atoms with van der Waals surface area (Å²) in [6, 6.07) is 12.6. The van der Waals surface area contributed by atoms with Gasteiger partial charge in [0.15, 0.2) is 0 Å². The molecule has 2 aromatic carbocycles. The molecule has 1 fully saturated rings. The fourth-order valence-corrected chi connectivity index (χ4v) is 3.46. The molecule has 1 aliphatic rings. The minimum Gasteiger partial charge on any atom is -0.447 e. The minimum absolute atomic E-state index is 0.0505. The molecule has 0 saturated carbocycles. The number of hydrogen-bond donors (Lipinski definition) is 0. The number of benzene rings is 2. The van der Waals surface area contributed by atoms with Crippen LogP contribution in [0, 0.1) is 15.9 Å². The van der Waals surface area contributed by atoms with Crippen molar-refractivity contribution in [2.45, 2.75) is 24.8 Å². The minimum atomic E-state index is -0.907. The summed E-state index contributed by atoms with van der Waals surface area (Å²) in [6.45, 7) is -0.534. The fraction of sp³-hybridized carbons (Fsp3) is 0.300. The smallest absolute Gasteiger partial charge is 0.416 e. The Hall–Kier alpha value is -3.00. The van der Waals surface area contributed by atoms with Gasteiger partial charge in [-0.05, 0) is 29.7 Å². The van der Waals surface area contributed by atoms with Crippen LogP contribution in [0.15, 0.2) is 48.5 Å². The molecule has 1 saturated heterocycles. The second kappa shape index (κ2) is 9.00. The highest BCUT2D eigenvalue weighted by Gasteiger charge is 2.39. The van der Waals surface area contributed by atoms with Crippen LogP contribution in [0.2, 0.25) is 5.02 Å². The molecule has 0 bridgehead atoms. The van der Waals surface area contributed by atoms with E-state index >= 15 is 0 Å². The van der Waals surface area contributed by atoms with Gasteiger partial charge in [-0.3, -0.25) is 14.9 Å². The van der Waals surface area contributed by atoms with Gasteiger partial charge in [-0.25, -0.2) is 14.1 Å². The molecular formula is C20H18ClFN2O5. The molecule has 0 N–H and O–H groups in total. The quantitative estimate of drug-likeness (QED) is 0.501. The van der Waals surface area contributed by atoms with E-state index < -0.39 is 41.2 Å². The highest BCUT2D eigenvalue weighted by atomic mass is 35.5. The van der Waals surface area contributed by atoms with Crippen LogP contribution in [-0.4, -0.2) is 41.0 Å². The van der Waals surface area contributed by atoms with Crippen LogP contribution >= 0.6 is 11.6 Å². The molecule has 2 amide bonds. The van der Waals surface area contributed by atoms with Crippen molar-refractivity contribution >= 4 is 23.6 Å². The van der Waals surface area contributed by atoms with E-state index in [0.717, 1.165) is 16.5 Å². The maximum absolute atomic E-state index is 13.8. The van der Waals surface area contributed by atoms with Gasteiger partial charge in [0.05, 0.1) is 17.0 Å². The molecule has 0 radical (unpaired) electrons. The van der Waals surface area contributed by atoms with E-state index in [1.807, 2.05) is 30.3 Å². The second-order valence-corrected chi connectivity index (χ2v) is 7.18. The molecule has 1 heterocycles. The van der Waals surface area contributed by atoms with Crippen molar-refractivity contribution in [1.82, 2.24) is 4.90 Å². The third-order valence-electron chi connectivity index (χ3n) is 4.75. The zero-order valence-electron chi connectivity index (χ0n) is 15.3. The van der Waals surface area contributed by atoms with Gasteiger partial charge in [0.2, 0.25) is 12.5 Å². The molecule has 0 aromatic heterocycles. The van der Waals surface area contributed by atoms with Crippen LogP contribution < -0.4 is 0 Å². The maximum Gasteiger partial charge on any atom is 0.416 e. The molecule has 152 valence electrons. The zero-order chi connectivity index (χ0) is 21.0. The highest BCUT2D eigenvalue weighted by molar-refractivity contribution is 6.30. The van der Waals surface area contributed by atoms with Crippen molar-refractivity contribution < 1.29 is 23.6 Å². The number of imide groups is 1. The largest absolute Gasteiger partial charge is 0.447 e. The van der Waals surface area contributed by atoms with Gasteiger partial charge in [-0.15, -0.1) is 0 Å². The Balaban J connectivity index is 1.78. The summed E-state index contributed by atoms with van der Waals surface area (Å²) >= 11 is 5.67. The summed E-state index contributed by atoms with van der Waals surface area (Å²) in [7, 11) is 0. The number of ether oxygens (including phenoxy) is 1. The number of carbonyl (C=O) groups excluding carboxylic acids is 2. The standard InChI is InChI=1S/C20H18ClFN2O5/c21-17-7-6-14(9-18(17)22)15(11-23(27)28)10-19(25)24-16(12-29-20(24)26)8-13-4-2-1-3-5-13/h1-7,9,15-16H,8,10-12H2/t15-,16+/m1/s1. The molecule has 7 nitrogen and oxygen atoms in total. The Morgan fingerprint density at radius 2 is 2.03 bits per heavy atom. The first-order chi connectivity index (χ1) is 13.8. The lowest BCUT2D eigenvalue weighted by Crippen LogP contribution is -2.41. The number of cyclic esters (lactones) is 1. The van der Waals surface area contributed by atoms with Gasteiger partial charge in [-0.2, -0.15) is 0 Å². The first kappa shape index (κ1) is 20.7. The van der Waals surface area contributed by atoms with E-state index in [0.29, 0.717) is 6.42 Å². The van der Waals surface area contributed by atoms with Crippen LogP contribution in [0.5, 0.6) is 0 Å². The SMILES string of the molecule is O=C(C[C@H](C[N+](=O)[O-])c1ccc(Cl)c(F)c1)N1C(=O)OC[C@@H]1Cc1ccccc1. The summed E-state index contributed by atoms with van der Waals surface area (Å²) in [6.07, 6.45) is -0.700. The van der Waals surface area contributed by atoms with Gasteiger partial charge in [-0.1, -0.05) is 48.0 Å². The monoisotopic (exact) mass is 420 g/mol. The topological polar surface area (TPSA) is 89.8 Å². The van der Waals surface area contributed by atoms with Crippen molar-refractivity contribution in [3.63, 3.8) is 0 Å². The molecular weight excluding hydrogens is 403 g/mol. The Kier molecular flexibility index (Phi) is 6.43. The summed E-state index contributed by atoms with van der Waals surface area (Å²) in [5.74, 6) is -2.24. The molecule has 2 aromatic rings. The second-order valence-electron chi connectivity index (χ2n) is 6.77. The Morgan fingerprint density at radius 1 is 1.31 bits per heavy atom. The first-order valence-corrected chi connectivity index (χ1v) is 9.32. The number of rotatable bonds is 7. The highest BCUT2D eigenvalue weighted by Crippen LogP contribution is 2.27. The molecule has 29 heavy (non-hydrogen) atoms. The van der Waals surface area contributed by atoms with E-state index in [9.17, 15) is 24.1 Å². The predicted molar refractivity (Wildman–Crippen MR) is 103 cm³/mol. The zero-order valence-corrected chi connectivity index (χ0v) is 16.0. The molecule has 3 rings (SSSR count). The third-order valence-corrected chi connectivity index (χ3v) is 5.06. The van der Waals surface area contributed by atoms with Gasteiger partial charge < -0.3 is 4.74 Å². The van der Waals surface area contributed by atoms with E-state index in [-0.39, 0.29) is 23.6 Å². The molecule has 0 aliphatic carbocycles. The number of nitro groups is 1. The lowest BCUT2D eigenvalue weighted by molar-refractivity contribution is -0.483. The predicted octanol–water partition coefficient (Wildman–Crippen LogP) is 3.82. The van der Waals surface area contributed by atoms with Crippen molar-refractivity contribution in [2.75, 3.05) is 13.2 Å². The van der Waals surface area contributed by atoms with Crippen LogP contribution in [0.4, 0.5) is 9.18 Å². The van der Waals surface area contributed by atoms with Gasteiger partial charge in [0.1, 0.15) is 12.4 Å². The summed E-state index contributed by atoms with van der Waals surface area (Å²) < 4.78 is 18.8. The lowest BCUT2D eigenvalue weighted by atomic mass is 9.94. The lowest BCUT2D eigenvalue weighted by Gasteiger charge is -2.22. The number of carbonyl (C=O) groups is 2. The van der Waals surface area contributed by atoms with E-state index in [1.54, 1.807) is 0 Å². The molecule has 0 unspecified atom stereocenters. The van der Waals surface area contributed by atoms with Crippen LogP contribution in [0.1, 0.15) is 23.5 Å². The Labute approximate surface area is 171 Å². The van der Waals surface area contributed by atoms with Crippen LogP contribution in [0.25, 0.3) is 0 Å². The number of hydrogen-bond acceptors (Lipinski definition) is 5.